The third-order valence-corrected chi connectivity index (χ3v) is 6.85. The first kappa shape index (κ1) is 18.9. The molecule has 0 bridgehead atoms. The summed E-state index contributed by atoms with van der Waals surface area (Å²) < 4.78 is 5.99. The summed E-state index contributed by atoms with van der Waals surface area (Å²) in [6, 6.07) is 14.1. The molecule has 1 spiro atoms. The Labute approximate surface area is 186 Å². The summed E-state index contributed by atoms with van der Waals surface area (Å²) in [7, 11) is 0. The van der Waals surface area contributed by atoms with E-state index in [2.05, 4.69) is 4.98 Å². The molecule has 7 nitrogen and oxygen atoms in total. The van der Waals surface area contributed by atoms with Crippen LogP contribution < -0.4 is 15.2 Å². The second kappa shape index (κ2) is 6.61. The lowest BCUT2D eigenvalue weighted by Crippen LogP contribution is -2.53. The highest BCUT2D eigenvalue weighted by atomic mass is 32.1. The average molecular weight is 443 g/mol. The summed E-state index contributed by atoms with van der Waals surface area (Å²) >= 11 is 1.24. The summed E-state index contributed by atoms with van der Waals surface area (Å²) in [5, 5.41) is 2.41. The minimum Gasteiger partial charge on any atom is -0.450 e. The fourth-order valence-electron chi connectivity index (χ4n) is 4.88. The molecule has 0 radical (unpaired) electrons. The summed E-state index contributed by atoms with van der Waals surface area (Å²) in [6.45, 7) is 2.45. The van der Waals surface area contributed by atoms with Crippen molar-refractivity contribution in [1.29, 1.82) is 0 Å². The van der Waals surface area contributed by atoms with Gasteiger partial charge in [-0.25, -0.2) is 4.98 Å². The van der Waals surface area contributed by atoms with Gasteiger partial charge in [-0.1, -0.05) is 37.3 Å². The van der Waals surface area contributed by atoms with E-state index in [0.29, 0.717) is 33.9 Å². The molecule has 0 fully saturated rings. The number of thiazole rings is 1. The van der Waals surface area contributed by atoms with E-state index in [9.17, 15) is 14.4 Å². The molecule has 158 valence electrons. The van der Waals surface area contributed by atoms with Crippen LogP contribution in [-0.4, -0.2) is 23.3 Å². The highest BCUT2D eigenvalue weighted by Gasteiger charge is 2.66. The van der Waals surface area contributed by atoms with E-state index in [4.69, 9.17) is 4.42 Å². The van der Waals surface area contributed by atoms with Gasteiger partial charge in [0.2, 0.25) is 5.76 Å². The zero-order chi connectivity index (χ0) is 22.0. The summed E-state index contributed by atoms with van der Waals surface area (Å²) in [5.41, 5.74) is -0.383. The average Bonchev–Trinajstić information content (AvgIpc) is 3.48. The Kier molecular flexibility index (Phi) is 3.91. The maximum absolute atomic E-state index is 14.2. The number of hydrogen-bond acceptors (Lipinski definition) is 6. The Balaban J connectivity index is 1.79. The number of aromatic nitrogens is 1. The predicted octanol–water partition coefficient (Wildman–Crippen LogP) is 3.91. The third kappa shape index (κ3) is 2.14. The van der Waals surface area contributed by atoms with Gasteiger partial charge in [0.15, 0.2) is 16.1 Å². The monoisotopic (exact) mass is 443 g/mol. The molecule has 4 aromatic rings. The van der Waals surface area contributed by atoms with Gasteiger partial charge >= 0.3 is 0 Å². The maximum atomic E-state index is 14.2. The van der Waals surface area contributed by atoms with Gasteiger partial charge in [0, 0.05) is 23.7 Å². The molecular formula is C24H17N3O4S. The molecule has 0 saturated heterocycles. The highest BCUT2D eigenvalue weighted by molar-refractivity contribution is 7.13. The van der Waals surface area contributed by atoms with Crippen LogP contribution >= 0.6 is 11.3 Å². The first-order valence-corrected chi connectivity index (χ1v) is 11.2. The van der Waals surface area contributed by atoms with E-state index in [1.807, 2.05) is 25.1 Å². The molecular weight excluding hydrogens is 426 g/mol. The lowest BCUT2D eigenvalue weighted by Gasteiger charge is -2.32. The smallest absolute Gasteiger partial charge is 0.297 e. The van der Waals surface area contributed by atoms with Crippen LogP contribution in [0.3, 0.4) is 0 Å². The second-order valence-electron chi connectivity index (χ2n) is 7.77. The number of para-hydroxylation sites is 2. The Morgan fingerprint density at radius 1 is 1.06 bits per heavy atom. The maximum Gasteiger partial charge on any atom is 0.297 e. The number of hydrogen-bond donors (Lipinski definition) is 0. The van der Waals surface area contributed by atoms with Crippen LogP contribution in [0.4, 0.5) is 10.8 Å². The second-order valence-corrected chi connectivity index (χ2v) is 8.64. The van der Waals surface area contributed by atoms with E-state index >= 15 is 0 Å². The number of anilines is 2. The normalized spacial score (nSPS) is 19.3. The molecule has 2 aromatic carbocycles. The van der Waals surface area contributed by atoms with Gasteiger partial charge in [-0.05, 0) is 24.6 Å². The van der Waals surface area contributed by atoms with E-state index < -0.39 is 11.4 Å². The van der Waals surface area contributed by atoms with Crippen molar-refractivity contribution in [2.45, 2.75) is 18.9 Å². The molecule has 4 heterocycles. The molecule has 2 aliphatic heterocycles. The largest absolute Gasteiger partial charge is 0.450 e. The lowest BCUT2D eigenvalue weighted by atomic mass is 9.84. The van der Waals surface area contributed by atoms with Crippen molar-refractivity contribution in [3.63, 3.8) is 0 Å². The van der Waals surface area contributed by atoms with Gasteiger partial charge in [0.25, 0.3) is 11.8 Å². The molecule has 2 aliphatic rings. The third-order valence-electron chi connectivity index (χ3n) is 6.09. The highest BCUT2D eigenvalue weighted by Crippen LogP contribution is 2.54. The lowest BCUT2D eigenvalue weighted by molar-refractivity contribution is -0.121. The fraction of sp³-hybridized carbons (Fsp3) is 0.167. The fourth-order valence-corrected chi connectivity index (χ4v) is 5.57. The summed E-state index contributed by atoms with van der Waals surface area (Å²) in [6.07, 6.45) is 2.30. The number of carbonyl (C=O) groups is 2. The van der Waals surface area contributed by atoms with Crippen molar-refractivity contribution in [2.75, 3.05) is 16.3 Å². The number of benzene rings is 2. The first-order chi connectivity index (χ1) is 15.6. The molecule has 0 N–H and O–H groups in total. The van der Waals surface area contributed by atoms with Crippen LogP contribution in [0, 0.1) is 0 Å². The van der Waals surface area contributed by atoms with Crippen molar-refractivity contribution >= 4 is 44.9 Å². The Hall–Kier alpha value is -3.78. The van der Waals surface area contributed by atoms with Gasteiger partial charge in [-0.15, -0.1) is 11.3 Å². The van der Waals surface area contributed by atoms with Gasteiger partial charge in [-0.2, -0.15) is 0 Å². The van der Waals surface area contributed by atoms with Gasteiger partial charge in [-0.3, -0.25) is 19.3 Å². The first-order valence-electron chi connectivity index (χ1n) is 10.3. The zero-order valence-corrected chi connectivity index (χ0v) is 17.9. The van der Waals surface area contributed by atoms with Crippen LogP contribution in [-0.2, 0) is 10.3 Å². The van der Waals surface area contributed by atoms with Crippen molar-refractivity contribution in [1.82, 2.24) is 4.98 Å². The number of fused-ring (bicyclic) bond motifs is 5. The summed E-state index contributed by atoms with van der Waals surface area (Å²) in [4.78, 5) is 49.2. The van der Waals surface area contributed by atoms with Crippen LogP contribution in [0.15, 0.2) is 69.3 Å². The number of rotatable bonds is 3. The van der Waals surface area contributed by atoms with Crippen molar-refractivity contribution in [3.05, 3.63) is 87.2 Å². The molecule has 2 aromatic heterocycles. The summed E-state index contributed by atoms with van der Waals surface area (Å²) in [5.74, 6) is -0.991. The van der Waals surface area contributed by atoms with E-state index in [1.165, 1.54) is 16.2 Å². The van der Waals surface area contributed by atoms with Gasteiger partial charge in [0.05, 0.1) is 16.6 Å². The predicted molar refractivity (Wildman–Crippen MR) is 121 cm³/mol. The van der Waals surface area contributed by atoms with Crippen LogP contribution in [0.25, 0.3) is 11.0 Å². The minimum atomic E-state index is -1.65. The molecule has 2 amide bonds. The van der Waals surface area contributed by atoms with Gasteiger partial charge < -0.3 is 9.32 Å². The van der Waals surface area contributed by atoms with Crippen LogP contribution in [0.5, 0.6) is 0 Å². The Morgan fingerprint density at radius 2 is 1.84 bits per heavy atom. The van der Waals surface area contributed by atoms with E-state index in [1.54, 1.807) is 46.8 Å². The number of nitrogens with zero attached hydrogens (tertiary/aromatic N) is 3. The molecule has 8 heteroatoms. The van der Waals surface area contributed by atoms with Crippen LogP contribution in [0.1, 0.15) is 35.0 Å². The standard InChI is InChI=1S/C24H17N3O4S/c1-2-12-26-16-9-5-4-8-15(16)24(22(26)30)18-19(28)14-7-3-6-10-17(14)31-20(18)21(29)27(24)23-25-11-13-32-23/h3-11,13H,2,12H2,1H3. The van der Waals surface area contributed by atoms with Crippen molar-refractivity contribution < 1.29 is 14.0 Å². The van der Waals surface area contributed by atoms with E-state index in [-0.39, 0.29) is 22.7 Å². The van der Waals surface area contributed by atoms with Crippen LogP contribution in [0.2, 0.25) is 0 Å². The van der Waals surface area contributed by atoms with Gasteiger partial charge in [0.1, 0.15) is 5.58 Å². The Bertz CT molecular complexity index is 1480. The topological polar surface area (TPSA) is 83.7 Å². The van der Waals surface area contributed by atoms with Crippen molar-refractivity contribution in [3.8, 4) is 0 Å². The van der Waals surface area contributed by atoms with Crippen molar-refractivity contribution in [2.24, 2.45) is 0 Å². The SMILES string of the molecule is CCCN1C(=O)C2(c3ccccc31)c1c(oc3ccccc3c1=O)C(=O)N2c1nccs1. The number of carbonyl (C=O) groups excluding carboxylic acids is 2. The van der Waals surface area contributed by atoms with E-state index in [0.717, 1.165) is 6.42 Å². The molecule has 0 aliphatic carbocycles. The number of amides is 2. The zero-order valence-electron chi connectivity index (χ0n) is 17.1. The quantitative estimate of drug-likeness (QED) is 0.479. The molecule has 1 unspecified atom stereocenters. The molecule has 32 heavy (non-hydrogen) atoms. The molecule has 1 atom stereocenters. The minimum absolute atomic E-state index is 0.0625. The molecule has 0 saturated carbocycles. The Morgan fingerprint density at radius 3 is 2.62 bits per heavy atom. The molecule has 6 rings (SSSR count).